The number of anilines is 3. The first-order valence-corrected chi connectivity index (χ1v) is 11.7. The molecule has 0 amide bonds. The first-order valence-electron chi connectivity index (χ1n) is 11.7. The van der Waals surface area contributed by atoms with Gasteiger partial charge in [0.2, 0.25) is 5.72 Å². The summed E-state index contributed by atoms with van der Waals surface area (Å²) >= 11 is 0. The average molecular weight is 424 g/mol. The number of rotatable bonds is 3. The monoisotopic (exact) mass is 423 g/mol. The minimum atomic E-state index is -0.638. The van der Waals surface area contributed by atoms with Gasteiger partial charge < -0.3 is 14.5 Å². The summed E-state index contributed by atoms with van der Waals surface area (Å²) < 4.78 is 6.98. The van der Waals surface area contributed by atoms with Crippen LogP contribution in [0.15, 0.2) is 71.7 Å². The number of para-hydroxylation sites is 2. The van der Waals surface area contributed by atoms with Gasteiger partial charge in [-0.05, 0) is 62.1 Å². The fourth-order valence-electron chi connectivity index (χ4n) is 5.69. The van der Waals surface area contributed by atoms with Gasteiger partial charge in [-0.2, -0.15) is 0 Å². The van der Waals surface area contributed by atoms with E-state index in [0.717, 1.165) is 43.1 Å². The maximum atomic E-state index is 6.98. The Labute approximate surface area is 190 Å². The molecule has 162 valence electrons. The molecule has 4 nitrogen and oxygen atoms in total. The summed E-state index contributed by atoms with van der Waals surface area (Å²) in [6.45, 7) is 8.68. The van der Waals surface area contributed by atoms with Gasteiger partial charge in [0.25, 0.3) is 0 Å². The van der Waals surface area contributed by atoms with Gasteiger partial charge in [-0.15, -0.1) is 0 Å². The van der Waals surface area contributed by atoms with Gasteiger partial charge in [0, 0.05) is 36.2 Å². The molecule has 3 aromatic carbocycles. The van der Waals surface area contributed by atoms with Crippen LogP contribution >= 0.6 is 0 Å². The smallest absolute Gasteiger partial charge is 0.228 e. The van der Waals surface area contributed by atoms with E-state index in [9.17, 15) is 0 Å². The van der Waals surface area contributed by atoms with Crippen LogP contribution in [0, 0.1) is 0 Å². The lowest BCUT2D eigenvalue weighted by atomic mass is 9.77. The zero-order valence-electron chi connectivity index (χ0n) is 19.0. The highest BCUT2D eigenvalue weighted by Gasteiger charge is 2.59. The maximum absolute atomic E-state index is 6.98. The fraction of sp³-hybridized carbons (Fsp3) is 0.321. The van der Waals surface area contributed by atoms with E-state index >= 15 is 0 Å². The van der Waals surface area contributed by atoms with Crippen molar-refractivity contribution in [2.75, 3.05) is 22.9 Å². The number of ether oxygens (including phenoxy) is 1. The Kier molecular flexibility index (Phi) is 4.16. The summed E-state index contributed by atoms with van der Waals surface area (Å²) in [7, 11) is 0. The Bertz CT molecular complexity index is 1230. The third-order valence-electron chi connectivity index (χ3n) is 7.40. The predicted molar refractivity (Wildman–Crippen MR) is 132 cm³/mol. The van der Waals surface area contributed by atoms with Crippen molar-refractivity contribution < 1.29 is 4.74 Å². The van der Waals surface area contributed by atoms with Crippen molar-refractivity contribution in [2.24, 2.45) is 4.99 Å². The molecule has 3 aliphatic heterocycles. The lowest BCUT2D eigenvalue weighted by Gasteiger charge is -2.46. The van der Waals surface area contributed by atoms with Crippen LogP contribution in [0.5, 0.6) is 5.75 Å². The maximum Gasteiger partial charge on any atom is 0.228 e. The highest BCUT2D eigenvalue weighted by atomic mass is 16.5. The molecular weight excluding hydrogens is 394 g/mol. The second-order valence-corrected chi connectivity index (χ2v) is 9.53. The molecule has 0 radical (unpaired) electrons. The zero-order valence-corrected chi connectivity index (χ0v) is 19.0. The quantitative estimate of drug-likeness (QED) is 0.489. The van der Waals surface area contributed by atoms with Crippen LogP contribution in [-0.4, -0.2) is 25.0 Å². The summed E-state index contributed by atoms with van der Waals surface area (Å²) in [6.07, 6.45) is 4.15. The molecule has 0 bridgehead atoms. The highest BCUT2D eigenvalue weighted by Crippen LogP contribution is 2.54. The van der Waals surface area contributed by atoms with E-state index in [0.29, 0.717) is 0 Å². The minimum absolute atomic E-state index is 0.240. The van der Waals surface area contributed by atoms with Crippen LogP contribution in [0.25, 0.3) is 0 Å². The van der Waals surface area contributed by atoms with Crippen molar-refractivity contribution in [1.82, 2.24) is 0 Å². The second kappa shape index (κ2) is 6.86. The van der Waals surface area contributed by atoms with E-state index in [1.165, 1.54) is 22.5 Å². The number of hydrogen-bond donors (Lipinski definition) is 0. The summed E-state index contributed by atoms with van der Waals surface area (Å²) in [5.41, 5.74) is 6.44. The molecule has 0 aliphatic carbocycles. The van der Waals surface area contributed by atoms with Gasteiger partial charge in [-0.1, -0.05) is 43.3 Å². The zero-order chi connectivity index (χ0) is 21.9. The molecule has 4 heteroatoms. The summed E-state index contributed by atoms with van der Waals surface area (Å²) in [4.78, 5) is 9.74. The van der Waals surface area contributed by atoms with Crippen molar-refractivity contribution in [3.05, 3.63) is 77.9 Å². The van der Waals surface area contributed by atoms with Crippen LogP contribution in [0.4, 0.5) is 22.7 Å². The molecule has 1 unspecified atom stereocenters. The Hall–Kier alpha value is -3.27. The molecular formula is C28H29N3O. The van der Waals surface area contributed by atoms with Gasteiger partial charge in [0.15, 0.2) is 5.75 Å². The Morgan fingerprint density at radius 2 is 1.75 bits per heavy atom. The van der Waals surface area contributed by atoms with Gasteiger partial charge in [-0.3, -0.25) is 4.99 Å². The van der Waals surface area contributed by atoms with E-state index in [-0.39, 0.29) is 5.41 Å². The topological polar surface area (TPSA) is 28.1 Å². The fourth-order valence-corrected chi connectivity index (χ4v) is 5.69. The van der Waals surface area contributed by atoms with E-state index in [1.807, 2.05) is 6.21 Å². The Balaban J connectivity index is 1.43. The first-order chi connectivity index (χ1) is 15.5. The molecule has 3 aromatic rings. The van der Waals surface area contributed by atoms with Gasteiger partial charge in [0.05, 0.1) is 11.6 Å². The molecule has 3 aliphatic rings. The molecule has 0 fully saturated rings. The highest BCUT2D eigenvalue weighted by molar-refractivity contribution is 5.89. The molecule has 6 rings (SSSR count). The van der Waals surface area contributed by atoms with Crippen LogP contribution in [-0.2, 0) is 11.8 Å². The Morgan fingerprint density at radius 1 is 0.969 bits per heavy atom. The molecule has 1 spiro atoms. The van der Waals surface area contributed by atoms with E-state index in [4.69, 9.17) is 9.73 Å². The third kappa shape index (κ3) is 2.52. The van der Waals surface area contributed by atoms with Crippen LogP contribution < -0.4 is 14.5 Å². The molecule has 0 saturated carbocycles. The second-order valence-electron chi connectivity index (χ2n) is 9.53. The van der Waals surface area contributed by atoms with Crippen molar-refractivity contribution in [3.63, 3.8) is 0 Å². The number of benzene rings is 3. The number of hydrogen-bond acceptors (Lipinski definition) is 4. The molecule has 0 saturated heterocycles. The lowest BCUT2D eigenvalue weighted by Crippen LogP contribution is -2.62. The van der Waals surface area contributed by atoms with Crippen LogP contribution in [0.1, 0.15) is 38.3 Å². The molecule has 3 heterocycles. The minimum Gasteiger partial charge on any atom is -0.459 e. The number of fused-ring (bicyclic) bond motifs is 3. The van der Waals surface area contributed by atoms with Crippen LogP contribution in [0.2, 0.25) is 0 Å². The summed E-state index contributed by atoms with van der Waals surface area (Å²) in [5, 5.41) is 0. The van der Waals surface area contributed by atoms with Gasteiger partial charge in [0.1, 0.15) is 5.69 Å². The number of aliphatic imine (C=N–C) groups is 1. The SMILES string of the molecule is CCCN1c2ccccc2C(C)(C)C12C=Nc1ccc(N3CCc4ccccc43)cc1O2. The predicted octanol–water partition coefficient (Wildman–Crippen LogP) is 6.38. The van der Waals surface area contributed by atoms with E-state index in [2.05, 4.69) is 97.3 Å². The molecule has 1 atom stereocenters. The molecule has 0 N–H and O–H groups in total. The van der Waals surface area contributed by atoms with Crippen LogP contribution in [0.3, 0.4) is 0 Å². The summed E-state index contributed by atoms with van der Waals surface area (Å²) in [6, 6.07) is 23.8. The standard InChI is InChI=1S/C28H29N3O/c1-4-16-31-25-12-8-6-10-22(25)27(2,3)28(31)19-29-23-14-13-21(18-26(23)32-28)30-17-15-20-9-5-7-11-24(20)30/h5-14,18-19H,4,15-17H2,1-3H3. The van der Waals surface area contributed by atoms with E-state index < -0.39 is 5.72 Å². The van der Waals surface area contributed by atoms with E-state index in [1.54, 1.807) is 0 Å². The van der Waals surface area contributed by atoms with Gasteiger partial charge >= 0.3 is 0 Å². The largest absolute Gasteiger partial charge is 0.459 e. The van der Waals surface area contributed by atoms with Crippen molar-refractivity contribution >= 4 is 29.0 Å². The average Bonchev–Trinajstić information content (AvgIpc) is 3.32. The normalized spacial score (nSPS) is 22.0. The van der Waals surface area contributed by atoms with Gasteiger partial charge in [-0.25, -0.2) is 0 Å². The number of nitrogens with zero attached hydrogens (tertiary/aromatic N) is 3. The van der Waals surface area contributed by atoms with Crippen molar-refractivity contribution in [1.29, 1.82) is 0 Å². The molecule has 32 heavy (non-hydrogen) atoms. The third-order valence-corrected chi connectivity index (χ3v) is 7.40. The lowest BCUT2D eigenvalue weighted by molar-refractivity contribution is 0.0777. The Morgan fingerprint density at radius 3 is 2.59 bits per heavy atom. The van der Waals surface area contributed by atoms with Crippen molar-refractivity contribution in [3.8, 4) is 5.75 Å². The van der Waals surface area contributed by atoms with Crippen molar-refractivity contribution in [2.45, 2.75) is 44.8 Å². The first kappa shape index (κ1) is 19.4. The summed E-state index contributed by atoms with van der Waals surface area (Å²) in [5.74, 6) is 0.858. The molecule has 0 aromatic heterocycles.